The fraction of sp³-hybridized carbons (Fsp3) is 0.435. The molecule has 1 aliphatic heterocycles. The first kappa shape index (κ1) is 20.5. The molecule has 4 nitrogen and oxygen atoms in total. The van der Waals surface area contributed by atoms with Gasteiger partial charge in [-0.2, -0.15) is 0 Å². The summed E-state index contributed by atoms with van der Waals surface area (Å²) in [7, 11) is 3.27. The molecule has 0 radical (unpaired) electrons. The summed E-state index contributed by atoms with van der Waals surface area (Å²) in [6.07, 6.45) is 2.64. The van der Waals surface area contributed by atoms with E-state index in [0.717, 1.165) is 36.0 Å². The maximum Gasteiger partial charge on any atom is 0.226 e. The monoisotopic (exact) mass is 401 g/mol. The maximum atomic E-state index is 13.3. The first-order chi connectivity index (χ1) is 13.5. The molecule has 0 unspecified atom stereocenters. The molecule has 0 aliphatic carbocycles. The number of benzene rings is 2. The molecule has 5 heteroatoms. The Hall–Kier alpha value is -2.20. The third kappa shape index (κ3) is 3.83. The van der Waals surface area contributed by atoms with E-state index in [9.17, 15) is 4.79 Å². The summed E-state index contributed by atoms with van der Waals surface area (Å²) in [6.45, 7) is 4.78. The van der Waals surface area contributed by atoms with Gasteiger partial charge in [0.05, 0.1) is 20.3 Å². The Balaban J connectivity index is 2.14. The number of halogens is 1. The molecule has 1 heterocycles. The van der Waals surface area contributed by atoms with Crippen molar-refractivity contribution in [2.24, 2.45) is 5.92 Å². The Morgan fingerprint density at radius 1 is 1.18 bits per heavy atom. The average Bonchev–Trinajstić information content (AvgIpc) is 2.72. The van der Waals surface area contributed by atoms with Crippen molar-refractivity contribution < 1.29 is 14.3 Å². The van der Waals surface area contributed by atoms with E-state index in [2.05, 4.69) is 6.92 Å². The van der Waals surface area contributed by atoms with Crippen LogP contribution < -0.4 is 9.47 Å². The van der Waals surface area contributed by atoms with Crippen LogP contribution in [0.2, 0.25) is 5.02 Å². The molecule has 2 atom stereocenters. The molecule has 2 aromatic rings. The lowest BCUT2D eigenvalue weighted by molar-refractivity contribution is -0.137. The number of amides is 1. The Morgan fingerprint density at radius 2 is 1.86 bits per heavy atom. The summed E-state index contributed by atoms with van der Waals surface area (Å²) >= 11 is 6.57. The zero-order valence-electron chi connectivity index (χ0n) is 17.0. The molecule has 150 valence electrons. The van der Waals surface area contributed by atoms with E-state index in [1.807, 2.05) is 48.2 Å². The van der Waals surface area contributed by atoms with Gasteiger partial charge >= 0.3 is 0 Å². The molecule has 2 aromatic carbocycles. The van der Waals surface area contributed by atoms with Gasteiger partial charge in [0, 0.05) is 17.5 Å². The Labute approximate surface area is 172 Å². The summed E-state index contributed by atoms with van der Waals surface area (Å²) in [4.78, 5) is 15.3. The van der Waals surface area contributed by atoms with Crippen LogP contribution in [0.15, 0.2) is 36.4 Å². The van der Waals surface area contributed by atoms with Gasteiger partial charge in [0.25, 0.3) is 0 Å². The summed E-state index contributed by atoms with van der Waals surface area (Å²) < 4.78 is 11.0. The molecule has 1 amide bonds. The number of rotatable bonds is 6. The number of fused-ring (bicyclic) bond motifs is 1. The topological polar surface area (TPSA) is 38.8 Å². The number of nitrogens with zero attached hydrogens (tertiary/aromatic N) is 1. The summed E-state index contributed by atoms with van der Waals surface area (Å²) in [5.41, 5.74) is 3.15. The first-order valence-electron chi connectivity index (χ1n) is 9.81. The van der Waals surface area contributed by atoms with Gasteiger partial charge in [0.15, 0.2) is 11.5 Å². The molecule has 0 fully saturated rings. The minimum Gasteiger partial charge on any atom is -0.493 e. The zero-order chi connectivity index (χ0) is 20.3. The van der Waals surface area contributed by atoms with Crippen molar-refractivity contribution in [1.82, 2.24) is 4.90 Å². The van der Waals surface area contributed by atoms with Gasteiger partial charge < -0.3 is 14.4 Å². The lowest BCUT2D eigenvalue weighted by Crippen LogP contribution is -2.43. The van der Waals surface area contributed by atoms with Crippen molar-refractivity contribution in [3.63, 3.8) is 0 Å². The van der Waals surface area contributed by atoms with Crippen molar-refractivity contribution in [3.8, 4) is 11.5 Å². The molecule has 0 aromatic heterocycles. The summed E-state index contributed by atoms with van der Waals surface area (Å²) in [6, 6.07) is 11.5. The van der Waals surface area contributed by atoms with Crippen LogP contribution in [-0.4, -0.2) is 31.6 Å². The number of methoxy groups -OCH3 is 2. The second-order valence-corrected chi connectivity index (χ2v) is 7.71. The highest BCUT2D eigenvalue weighted by Gasteiger charge is 2.35. The molecule has 0 N–H and O–H groups in total. The molecular weight excluding hydrogens is 374 g/mol. The minimum atomic E-state index is -0.232. The highest BCUT2D eigenvalue weighted by atomic mass is 35.5. The second kappa shape index (κ2) is 8.87. The van der Waals surface area contributed by atoms with Crippen molar-refractivity contribution in [1.29, 1.82) is 0 Å². The van der Waals surface area contributed by atoms with Crippen LogP contribution in [0.4, 0.5) is 0 Å². The van der Waals surface area contributed by atoms with Crippen molar-refractivity contribution in [2.45, 2.75) is 39.2 Å². The first-order valence-corrected chi connectivity index (χ1v) is 10.2. The highest BCUT2D eigenvalue weighted by molar-refractivity contribution is 6.31. The van der Waals surface area contributed by atoms with Crippen LogP contribution in [0.3, 0.4) is 0 Å². The average molecular weight is 402 g/mol. The van der Waals surface area contributed by atoms with Crippen LogP contribution in [-0.2, 0) is 11.2 Å². The molecule has 0 saturated heterocycles. The number of hydrogen-bond donors (Lipinski definition) is 0. The van der Waals surface area contributed by atoms with Crippen molar-refractivity contribution in [3.05, 3.63) is 58.1 Å². The smallest absolute Gasteiger partial charge is 0.226 e. The van der Waals surface area contributed by atoms with E-state index in [-0.39, 0.29) is 17.9 Å². The number of ether oxygens (including phenoxy) is 2. The molecule has 28 heavy (non-hydrogen) atoms. The minimum absolute atomic E-state index is 0.0170. The molecule has 0 bridgehead atoms. The standard InChI is InChI=1S/C23H28ClNO3/c1-5-8-15(2)23(26)25-12-11-16-13-20(27-3)21(28-4)14-18(16)22(25)17-9-6-7-10-19(17)24/h6-7,9-10,13-15,22H,5,8,11-12H2,1-4H3/t15-,22-/m1/s1. The Morgan fingerprint density at radius 3 is 2.50 bits per heavy atom. The van der Waals surface area contributed by atoms with Gasteiger partial charge in [-0.05, 0) is 47.7 Å². The summed E-state index contributed by atoms with van der Waals surface area (Å²) in [5, 5.41) is 0.663. The predicted molar refractivity (Wildman–Crippen MR) is 112 cm³/mol. The SMILES string of the molecule is CCC[C@@H](C)C(=O)N1CCc2cc(OC)c(OC)cc2[C@H]1c1ccccc1Cl. The molecule has 0 saturated carbocycles. The van der Waals surface area contributed by atoms with Crippen LogP contribution in [0, 0.1) is 5.92 Å². The largest absolute Gasteiger partial charge is 0.493 e. The molecular formula is C23H28ClNO3. The quantitative estimate of drug-likeness (QED) is 0.662. The molecule has 3 rings (SSSR count). The zero-order valence-corrected chi connectivity index (χ0v) is 17.8. The van der Waals surface area contributed by atoms with E-state index in [1.165, 1.54) is 0 Å². The van der Waals surface area contributed by atoms with Gasteiger partial charge in [0.1, 0.15) is 0 Å². The number of carbonyl (C=O) groups is 1. The van der Waals surface area contributed by atoms with Crippen LogP contribution in [0.5, 0.6) is 11.5 Å². The van der Waals surface area contributed by atoms with E-state index in [1.54, 1.807) is 14.2 Å². The fourth-order valence-electron chi connectivity index (χ4n) is 4.06. The third-order valence-electron chi connectivity index (χ3n) is 5.50. The lowest BCUT2D eigenvalue weighted by Gasteiger charge is -2.39. The van der Waals surface area contributed by atoms with Gasteiger partial charge in [-0.3, -0.25) is 4.79 Å². The Kier molecular flexibility index (Phi) is 6.50. The van der Waals surface area contributed by atoms with Gasteiger partial charge in [-0.1, -0.05) is 50.1 Å². The van der Waals surface area contributed by atoms with Crippen LogP contribution in [0.1, 0.15) is 49.4 Å². The van der Waals surface area contributed by atoms with Gasteiger partial charge in [-0.15, -0.1) is 0 Å². The van der Waals surface area contributed by atoms with E-state index < -0.39 is 0 Å². The maximum absolute atomic E-state index is 13.3. The molecule has 1 aliphatic rings. The number of carbonyl (C=O) groups excluding carboxylic acids is 1. The lowest BCUT2D eigenvalue weighted by atomic mass is 9.86. The van der Waals surface area contributed by atoms with E-state index in [4.69, 9.17) is 21.1 Å². The normalized spacial score (nSPS) is 17.0. The predicted octanol–water partition coefficient (Wildman–Crippen LogP) is 5.27. The van der Waals surface area contributed by atoms with Gasteiger partial charge in [0.2, 0.25) is 5.91 Å². The second-order valence-electron chi connectivity index (χ2n) is 7.30. The van der Waals surface area contributed by atoms with E-state index >= 15 is 0 Å². The fourth-order valence-corrected chi connectivity index (χ4v) is 4.29. The number of hydrogen-bond acceptors (Lipinski definition) is 3. The van der Waals surface area contributed by atoms with Crippen LogP contribution in [0.25, 0.3) is 0 Å². The highest BCUT2D eigenvalue weighted by Crippen LogP contribution is 2.43. The summed E-state index contributed by atoms with van der Waals surface area (Å²) in [5.74, 6) is 1.52. The third-order valence-corrected chi connectivity index (χ3v) is 5.84. The van der Waals surface area contributed by atoms with Crippen LogP contribution >= 0.6 is 11.6 Å². The van der Waals surface area contributed by atoms with Crippen molar-refractivity contribution in [2.75, 3.05) is 20.8 Å². The van der Waals surface area contributed by atoms with Crippen molar-refractivity contribution >= 4 is 17.5 Å². The van der Waals surface area contributed by atoms with Gasteiger partial charge in [-0.25, -0.2) is 0 Å². The van der Waals surface area contributed by atoms with E-state index in [0.29, 0.717) is 23.1 Å². The Bertz CT molecular complexity index is 852. The molecule has 0 spiro atoms.